The van der Waals surface area contributed by atoms with Crippen LogP contribution in [-0.4, -0.2) is 37.7 Å². The van der Waals surface area contributed by atoms with Crippen molar-refractivity contribution in [2.24, 2.45) is 10.8 Å². The number of ether oxygens (including phenoxy) is 3. The van der Waals surface area contributed by atoms with Gasteiger partial charge in [-0.05, 0) is 42.5 Å². The zero-order chi connectivity index (χ0) is 23.8. The van der Waals surface area contributed by atoms with Crippen molar-refractivity contribution in [3.05, 3.63) is 41.5 Å². The molecule has 4 rings (SSSR count). The number of benzene rings is 2. The van der Waals surface area contributed by atoms with E-state index in [2.05, 4.69) is 0 Å². The molecular formula is C27H32O6. The maximum absolute atomic E-state index is 12.3. The monoisotopic (exact) mass is 452 g/mol. The summed E-state index contributed by atoms with van der Waals surface area (Å²) in [5.41, 5.74) is 2.09. The number of hydrogen-bond acceptors (Lipinski definition) is 5. The Morgan fingerprint density at radius 2 is 1.67 bits per heavy atom. The highest BCUT2D eigenvalue weighted by Crippen LogP contribution is 2.53. The van der Waals surface area contributed by atoms with Crippen molar-refractivity contribution < 1.29 is 28.9 Å². The maximum atomic E-state index is 12.3. The summed E-state index contributed by atoms with van der Waals surface area (Å²) in [7, 11) is 3.14. The normalized spacial score (nSPS) is 17.0. The van der Waals surface area contributed by atoms with Gasteiger partial charge in [0.05, 0.1) is 26.2 Å². The summed E-state index contributed by atoms with van der Waals surface area (Å²) >= 11 is 0. The number of hydrogen-bond donors (Lipinski definition) is 1. The molecule has 0 amide bonds. The first-order valence-corrected chi connectivity index (χ1v) is 11.5. The Morgan fingerprint density at radius 3 is 2.30 bits per heavy atom. The van der Waals surface area contributed by atoms with Crippen LogP contribution in [0.1, 0.15) is 61.9 Å². The molecule has 6 nitrogen and oxygen atoms in total. The van der Waals surface area contributed by atoms with Crippen LogP contribution in [0.2, 0.25) is 0 Å². The van der Waals surface area contributed by atoms with Crippen LogP contribution in [0, 0.1) is 10.8 Å². The molecule has 0 atom stereocenters. The second-order valence-electron chi connectivity index (χ2n) is 9.70. The summed E-state index contributed by atoms with van der Waals surface area (Å²) < 4.78 is 17.7. The lowest BCUT2D eigenvalue weighted by Crippen LogP contribution is -2.46. The molecule has 0 bridgehead atoms. The summed E-state index contributed by atoms with van der Waals surface area (Å²) in [5, 5.41) is 10.1. The third-order valence-electron chi connectivity index (χ3n) is 7.61. The first-order chi connectivity index (χ1) is 15.8. The second-order valence-corrected chi connectivity index (χ2v) is 9.70. The van der Waals surface area contributed by atoms with Crippen molar-refractivity contribution in [3.8, 4) is 28.4 Å². The predicted octanol–water partition coefficient (Wildman–Crippen LogP) is 5.55. The molecule has 0 unspecified atom stereocenters. The van der Waals surface area contributed by atoms with Crippen LogP contribution in [0.15, 0.2) is 30.3 Å². The van der Waals surface area contributed by atoms with Crippen molar-refractivity contribution in [1.82, 2.24) is 0 Å². The molecule has 0 aliphatic heterocycles. The number of ketones is 1. The molecule has 2 aromatic rings. The van der Waals surface area contributed by atoms with Crippen LogP contribution in [0.4, 0.5) is 0 Å². The van der Waals surface area contributed by atoms with Crippen LogP contribution in [0.25, 0.3) is 11.1 Å². The number of carbonyl (C=O) groups is 2. The van der Waals surface area contributed by atoms with E-state index >= 15 is 0 Å². The molecule has 0 aromatic heterocycles. The molecule has 1 fully saturated rings. The lowest BCUT2D eigenvalue weighted by Gasteiger charge is -2.40. The van der Waals surface area contributed by atoms with Gasteiger partial charge in [0.15, 0.2) is 17.3 Å². The van der Waals surface area contributed by atoms with Gasteiger partial charge in [-0.25, -0.2) is 0 Å². The van der Waals surface area contributed by atoms with Crippen LogP contribution in [-0.2, 0) is 11.2 Å². The fraction of sp³-hybridized carbons (Fsp3) is 0.481. The minimum Gasteiger partial charge on any atom is -0.493 e. The van der Waals surface area contributed by atoms with E-state index in [0.717, 1.165) is 35.1 Å². The zero-order valence-electron chi connectivity index (χ0n) is 19.8. The molecule has 33 heavy (non-hydrogen) atoms. The molecule has 6 heteroatoms. The van der Waals surface area contributed by atoms with Crippen LogP contribution in [0.3, 0.4) is 0 Å². The van der Waals surface area contributed by atoms with Gasteiger partial charge in [0, 0.05) is 23.0 Å². The molecule has 2 aliphatic rings. The number of carboxylic acids is 1. The van der Waals surface area contributed by atoms with E-state index in [1.165, 1.54) is 0 Å². The summed E-state index contributed by atoms with van der Waals surface area (Å²) in [6.45, 7) is 4.15. The van der Waals surface area contributed by atoms with Gasteiger partial charge in [-0.2, -0.15) is 0 Å². The number of aliphatic carboxylic acids is 1. The SMILES string of the molecule is COc1ccc(-c2cccc3c2CCC3=O)c(OCC(C)(C)C2(C(=O)O)CCCC2)c1OC. The lowest BCUT2D eigenvalue weighted by atomic mass is 9.64. The number of methoxy groups -OCH3 is 2. The highest BCUT2D eigenvalue weighted by atomic mass is 16.5. The van der Waals surface area contributed by atoms with Gasteiger partial charge in [0.1, 0.15) is 0 Å². The third kappa shape index (κ3) is 3.75. The fourth-order valence-corrected chi connectivity index (χ4v) is 5.55. The quantitative estimate of drug-likeness (QED) is 0.565. The minimum atomic E-state index is -0.820. The Balaban J connectivity index is 1.78. The largest absolute Gasteiger partial charge is 0.493 e. The first-order valence-electron chi connectivity index (χ1n) is 11.5. The maximum Gasteiger partial charge on any atom is 0.310 e. The van der Waals surface area contributed by atoms with Gasteiger partial charge in [0.25, 0.3) is 0 Å². The number of rotatable bonds is 8. The van der Waals surface area contributed by atoms with Crippen molar-refractivity contribution in [1.29, 1.82) is 0 Å². The molecular weight excluding hydrogens is 420 g/mol. The summed E-state index contributed by atoms with van der Waals surface area (Å²) in [6, 6.07) is 9.50. The average molecular weight is 453 g/mol. The Morgan fingerprint density at radius 1 is 0.970 bits per heavy atom. The smallest absolute Gasteiger partial charge is 0.310 e. The van der Waals surface area contributed by atoms with Crippen molar-refractivity contribution in [2.75, 3.05) is 20.8 Å². The first kappa shape index (κ1) is 23.1. The van der Waals surface area contributed by atoms with Crippen LogP contribution < -0.4 is 14.2 Å². The van der Waals surface area contributed by atoms with Gasteiger partial charge >= 0.3 is 5.97 Å². The van der Waals surface area contributed by atoms with Gasteiger partial charge in [-0.3, -0.25) is 9.59 Å². The highest BCUT2D eigenvalue weighted by Gasteiger charge is 2.53. The number of Topliss-reactive ketones (excluding diaryl/α,β-unsaturated/α-hetero) is 1. The standard InChI is InChI=1S/C27H32O6/c1-26(2,27(25(29)30)14-5-6-15-27)16-33-23-20(11-13-22(31-3)24(23)32-4)17-8-7-9-19-18(17)10-12-21(19)28/h7-9,11,13H,5-6,10,12,14-16H2,1-4H3,(H,29,30). The molecule has 0 saturated heterocycles. The Labute approximate surface area is 194 Å². The van der Waals surface area contributed by atoms with Crippen molar-refractivity contribution in [3.63, 3.8) is 0 Å². The van der Waals surface area contributed by atoms with Crippen molar-refractivity contribution in [2.45, 2.75) is 52.4 Å². The second kappa shape index (κ2) is 8.73. The van der Waals surface area contributed by atoms with E-state index in [0.29, 0.717) is 42.9 Å². The Hall–Kier alpha value is -3.02. The number of carboxylic acid groups (broad SMARTS) is 1. The summed E-state index contributed by atoms with van der Waals surface area (Å²) in [6.07, 6.45) is 4.31. The zero-order valence-corrected chi connectivity index (χ0v) is 19.8. The average Bonchev–Trinajstić information content (AvgIpc) is 3.45. The van der Waals surface area contributed by atoms with E-state index < -0.39 is 16.8 Å². The molecule has 0 radical (unpaired) electrons. The molecule has 1 N–H and O–H groups in total. The molecule has 0 heterocycles. The molecule has 2 aliphatic carbocycles. The molecule has 1 saturated carbocycles. The Bertz CT molecular complexity index is 1080. The fourth-order valence-electron chi connectivity index (χ4n) is 5.55. The molecule has 176 valence electrons. The van der Waals surface area contributed by atoms with Gasteiger partial charge in [-0.15, -0.1) is 0 Å². The van der Waals surface area contributed by atoms with E-state index in [9.17, 15) is 14.7 Å². The summed E-state index contributed by atoms with van der Waals surface area (Å²) in [4.78, 5) is 24.6. The lowest BCUT2D eigenvalue weighted by molar-refractivity contribution is -0.158. The van der Waals surface area contributed by atoms with Crippen LogP contribution in [0.5, 0.6) is 17.2 Å². The van der Waals surface area contributed by atoms with E-state index in [-0.39, 0.29) is 12.4 Å². The van der Waals surface area contributed by atoms with E-state index in [1.807, 2.05) is 44.2 Å². The Kier molecular flexibility index (Phi) is 6.12. The third-order valence-corrected chi connectivity index (χ3v) is 7.61. The van der Waals surface area contributed by atoms with Gasteiger partial charge < -0.3 is 19.3 Å². The summed E-state index contributed by atoms with van der Waals surface area (Å²) in [5.74, 6) is 0.901. The number of carbonyl (C=O) groups excluding carboxylic acids is 1. The van der Waals surface area contributed by atoms with Gasteiger partial charge in [-0.1, -0.05) is 44.9 Å². The molecule has 0 spiro atoms. The number of fused-ring (bicyclic) bond motifs is 1. The van der Waals surface area contributed by atoms with Crippen LogP contribution >= 0.6 is 0 Å². The van der Waals surface area contributed by atoms with Gasteiger partial charge in [0.2, 0.25) is 5.75 Å². The molecule has 2 aromatic carbocycles. The predicted molar refractivity (Wildman–Crippen MR) is 125 cm³/mol. The topological polar surface area (TPSA) is 82.1 Å². The van der Waals surface area contributed by atoms with E-state index in [1.54, 1.807) is 14.2 Å². The minimum absolute atomic E-state index is 0.153. The highest BCUT2D eigenvalue weighted by molar-refractivity contribution is 6.02. The van der Waals surface area contributed by atoms with E-state index in [4.69, 9.17) is 14.2 Å². The van der Waals surface area contributed by atoms with Crippen molar-refractivity contribution >= 4 is 11.8 Å².